The van der Waals surface area contributed by atoms with Gasteiger partial charge in [0, 0.05) is 6.42 Å². The standard InChI is InChI=1S/C11H16O/c1-10(3-4-12)7-5-8-9(6-7)11(8,10)2/h4,7-9H,3,5-6H2,1-2H3/t7?,8-,9?,10-,11?/m1/s1. The molecule has 0 heterocycles. The van der Waals surface area contributed by atoms with E-state index in [0.717, 1.165) is 30.5 Å². The molecule has 5 atom stereocenters. The predicted octanol–water partition coefficient (Wildman–Crippen LogP) is 2.26. The van der Waals surface area contributed by atoms with Gasteiger partial charge in [0.2, 0.25) is 0 Å². The molecular formula is C11H16O. The van der Waals surface area contributed by atoms with Crippen LogP contribution in [0, 0.1) is 28.6 Å². The molecule has 12 heavy (non-hydrogen) atoms. The molecule has 1 heteroatoms. The van der Waals surface area contributed by atoms with Crippen LogP contribution in [0.4, 0.5) is 0 Å². The fraction of sp³-hybridized carbons (Fsp3) is 0.909. The van der Waals surface area contributed by atoms with Gasteiger partial charge in [-0.3, -0.25) is 0 Å². The van der Waals surface area contributed by atoms with Crippen LogP contribution in [0.15, 0.2) is 0 Å². The van der Waals surface area contributed by atoms with Crippen LogP contribution in [0.3, 0.4) is 0 Å². The summed E-state index contributed by atoms with van der Waals surface area (Å²) in [5.41, 5.74) is 0.947. The van der Waals surface area contributed by atoms with Crippen molar-refractivity contribution in [2.45, 2.75) is 33.1 Å². The summed E-state index contributed by atoms with van der Waals surface area (Å²) >= 11 is 0. The zero-order valence-electron chi connectivity index (χ0n) is 7.84. The van der Waals surface area contributed by atoms with Crippen LogP contribution in [0.5, 0.6) is 0 Å². The normalized spacial score (nSPS) is 65.3. The molecule has 1 nitrogen and oxygen atoms in total. The van der Waals surface area contributed by atoms with E-state index >= 15 is 0 Å². The second kappa shape index (κ2) is 1.64. The predicted molar refractivity (Wildman–Crippen MR) is 46.6 cm³/mol. The summed E-state index contributed by atoms with van der Waals surface area (Å²) in [6.07, 6.45) is 4.79. The van der Waals surface area contributed by atoms with Gasteiger partial charge in [0.15, 0.2) is 0 Å². The minimum atomic E-state index is 0.379. The Morgan fingerprint density at radius 3 is 2.25 bits per heavy atom. The molecule has 4 aliphatic rings. The monoisotopic (exact) mass is 164 g/mol. The second-order valence-corrected chi connectivity index (χ2v) is 5.45. The molecule has 4 aliphatic carbocycles. The average Bonchev–Trinajstić information content (AvgIpc) is 2.41. The average molecular weight is 164 g/mol. The molecule has 4 fully saturated rings. The zero-order chi connectivity index (χ0) is 8.56. The first-order valence-electron chi connectivity index (χ1n) is 5.08. The van der Waals surface area contributed by atoms with E-state index in [4.69, 9.17) is 0 Å². The molecule has 0 N–H and O–H groups in total. The number of rotatable bonds is 2. The number of carbonyl (C=O) groups is 1. The second-order valence-electron chi connectivity index (χ2n) is 5.45. The van der Waals surface area contributed by atoms with E-state index in [9.17, 15) is 4.79 Å². The van der Waals surface area contributed by atoms with Crippen LogP contribution in [0.25, 0.3) is 0 Å². The van der Waals surface area contributed by atoms with Crippen LogP contribution < -0.4 is 0 Å². The molecule has 0 spiro atoms. The fourth-order valence-electron chi connectivity index (χ4n) is 4.59. The molecule has 3 unspecified atom stereocenters. The highest BCUT2D eigenvalue weighted by Crippen LogP contribution is 2.86. The van der Waals surface area contributed by atoms with Crippen LogP contribution in [-0.4, -0.2) is 6.29 Å². The van der Waals surface area contributed by atoms with Crippen molar-refractivity contribution in [2.24, 2.45) is 28.6 Å². The first kappa shape index (κ1) is 7.11. The maximum Gasteiger partial charge on any atom is 0.120 e. The Hall–Kier alpha value is -0.330. The quantitative estimate of drug-likeness (QED) is 0.572. The largest absolute Gasteiger partial charge is 0.303 e. The molecule has 4 rings (SSSR count). The summed E-state index contributed by atoms with van der Waals surface area (Å²) in [5.74, 6) is 2.86. The highest BCUT2D eigenvalue weighted by molar-refractivity contribution is 5.53. The number of hydrogen-bond acceptors (Lipinski definition) is 1. The van der Waals surface area contributed by atoms with Crippen molar-refractivity contribution in [3.63, 3.8) is 0 Å². The number of hydrogen-bond donors (Lipinski definition) is 0. The Kier molecular flexibility index (Phi) is 0.971. The third-order valence-electron chi connectivity index (χ3n) is 5.63. The van der Waals surface area contributed by atoms with Crippen molar-refractivity contribution < 1.29 is 4.79 Å². The number of aldehydes is 1. The Morgan fingerprint density at radius 2 is 1.92 bits per heavy atom. The molecule has 66 valence electrons. The maximum atomic E-state index is 10.6. The lowest BCUT2D eigenvalue weighted by Gasteiger charge is -2.32. The molecule has 0 aromatic heterocycles. The van der Waals surface area contributed by atoms with Crippen molar-refractivity contribution in [2.75, 3.05) is 0 Å². The first-order valence-corrected chi connectivity index (χ1v) is 5.08. The summed E-state index contributed by atoms with van der Waals surface area (Å²) in [7, 11) is 0. The van der Waals surface area contributed by atoms with Crippen molar-refractivity contribution in [1.82, 2.24) is 0 Å². The van der Waals surface area contributed by atoms with E-state index in [2.05, 4.69) is 13.8 Å². The summed E-state index contributed by atoms with van der Waals surface area (Å²) < 4.78 is 0. The van der Waals surface area contributed by atoms with Gasteiger partial charge in [-0.1, -0.05) is 13.8 Å². The van der Waals surface area contributed by atoms with Crippen LogP contribution in [0.1, 0.15) is 33.1 Å². The van der Waals surface area contributed by atoms with Crippen molar-refractivity contribution in [1.29, 1.82) is 0 Å². The molecule has 4 saturated carbocycles. The molecule has 0 aliphatic heterocycles. The lowest BCUT2D eigenvalue weighted by atomic mass is 9.72. The van der Waals surface area contributed by atoms with E-state index in [0.29, 0.717) is 10.8 Å². The van der Waals surface area contributed by atoms with Gasteiger partial charge >= 0.3 is 0 Å². The van der Waals surface area contributed by atoms with E-state index < -0.39 is 0 Å². The third kappa shape index (κ3) is 0.439. The lowest BCUT2D eigenvalue weighted by Crippen LogP contribution is -2.27. The maximum absolute atomic E-state index is 10.6. The van der Waals surface area contributed by atoms with Crippen molar-refractivity contribution in [3.8, 4) is 0 Å². The molecule has 0 aromatic rings. The van der Waals surface area contributed by atoms with E-state index in [1.807, 2.05) is 0 Å². The smallest absolute Gasteiger partial charge is 0.120 e. The fourth-order valence-corrected chi connectivity index (χ4v) is 4.59. The van der Waals surface area contributed by atoms with E-state index in [1.165, 1.54) is 12.8 Å². The minimum absolute atomic E-state index is 0.379. The first-order chi connectivity index (χ1) is 5.64. The Balaban J connectivity index is 2.02. The molecule has 4 bridgehead atoms. The highest BCUT2D eigenvalue weighted by atomic mass is 16.1. The van der Waals surface area contributed by atoms with Gasteiger partial charge < -0.3 is 4.79 Å². The van der Waals surface area contributed by atoms with E-state index in [1.54, 1.807) is 0 Å². The van der Waals surface area contributed by atoms with Crippen LogP contribution in [-0.2, 0) is 4.79 Å². The van der Waals surface area contributed by atoms with Crippen molar-refractivity contribution in [3.05, 3.63) is 0 Å². The van der Waals surface area contributed by atoms with Gasteiger partial charge in [-0.15, -0.1) is 0 Å². The van der Waals surface area contributed by atoms with Crippen molar-refractivity contribution >= 4 is 6.29 Å². The molecule has 0 aromatic carbocycles. The van der Waals surface area contributed by atoms with Gasteiger partial charge in [0.05, 0.1) is 0 Å². The van der Waals surface area contributed by atoms with Gasteiger partial charge in [-0.2, -0.15) is 0 Å². The number of carbonyl (C=O) groups excluding carboxylic acids is 1. The Labute approximate surface area is 73.5 Å². The lowest BCUT2D eigenvalue weighted by molar-refractivity contribution is -0.110. The SMILES string of the molecule is CC12C3CC(C[C@H]31)[C@@]2(C)CC=O. The Bertz CT molecular complexity index is 246. The van der Waals surface area contributed by atoms with E-state index in [-0.39, 0.29) is 0 Å². The summed E-state index contributed by atoms with van der Waals surface area (Å²) in [6, 6.07) is 0. The van der Waals surface area contributed by atoms with Gasteiger partial charge in [0.25, 0.3) is 0 Å². The molecule has 0 radical (unpaired) electrons. The van der Waals surface area contributed by atoms with Gasteiger partial charge in [-0.05, 0) is 41.4 Å². The molecule has 0 amide bonds. The summed E-state index contributed by atoms with van der Waals surface area (Å²) in [6.45, 7) is 4.76. The van der Waals surface area contributed by atoms with Gasteiger partial charge in [-0.25, -0.2) is 0 Å². The minimum Gasteiger partial charge on any atom is -0.303 e. The highest BCUT2D eigenvalue weighted by Gasteiger charge is 2.80. The van der Waals surface area contributed by atoms with Crippen LogP contribution in [0.2, 0.25) is 0 Å². The summed E-state index contributed by atoms with van der Waals surface area (Å²) in [5, 5.41) is 0. The third-order valence-corrected chi connectivity index (χ3v) is 5.63. The molecular weight excluding hydrogens is 148 g/mol. The topological polar surface area (TPSA) is 17.1 Å². The zero-order valence-corrected chi connectivity index (χ0v) is 7.84. The molecule has 0 saturated heterocycles. The van der Waals surface area contributed by atoms with Gasteiger partial charge in [0.1, 0.15) is 6.29 Å². The Morgan fingerprint density at radius 1 is 1.33 bits per heavy atom. The van der Waals surface area contributed by atoms with Crippen LogP contribution >= 0.6 is 0 Å². The summed E-state index contributed by atoms with van der Waals surface area (Å²) in [4.78, 5) is 10.6.